The molecule has 0 atom stereocenters. The standard InChI is InChI=1S/C11H8N4/c12-6-9-5-8(1-2-10(9)13)11-3-4-14-7-15-11/h1-5,7H,13H2. The van der Waals surface area contributed by atoms with Gasteiger partial charge in [-0.25, -0.2) is 9.97 Å². The molecule has 2 rings (SSSR count). The molecule has 0 aliphatic carbocycles. The van der Waals surface area contributed by atoms with Gasteiger partial charge < -0.3 is 5.73 Å². The van der Waals surface area contributed by atoms with E-state index < -0.39 is 0 Å². The first-order valence-corrected chi connectivity index (χ1v) is 4.37. The minimum atomic E-state index is 0.464. The lowest BCUT2D eigenvalue weighted by molar-refractivity contribution is 1.17. The maximum atomic E-state index is 8.83. The van der Waals surface area contributed by atoms with Crippen molar-refractivity contribution >= 4 is 5.69 Å². The molecule has 0 amide bonds. The highest BCUT2D eigenvalue weighted by Gasteiger charge is 2.02. The summed E-state index contributed by atoms with van der Waals surface area (Å²) in [6.07, 6.45) is 3.13. The van der Waals surface area contributed by atoms with Gasteiger partial charge in [-0.05, 0) is 18.2 Å². The molecule has 0 aliphatic rings. The predicted molar refractivity (Wildman–Crippen MR) is 56.6 cm³/mol. The lowest BCUT2D eigenvalue weighted by Crippen LogP contribution is -1.91. The molecule has 2 aromatic rings. The fourth-order valence-corrected chi connectivity index (χ4v) is 1.27. The summed E-state index contributed by atoms with van der Waals surface area (Å²) in [4.78, 5) is 7.92. The van der Waals surface area contributed by atoms with Crippen molar-refractivity contribution in [2.45, 2.75) is 0 Å². The number of rotatable bonds is 1. The Balaban J connectivity index is 2.52. The summed E-state index contributed by atoms with van der Waals surface area (Å²) in [6.45, 7) is 0. The second kappa shape index (κ2) is 3.76. The van der Waals surface area contributed by atoms with Gasteiger partial charge in [0.05, 0.1) is 11.3 Å². The lowest BCUT2D eigenvalue weighted by Gasteiger charge is -2.02. The number of nitriles is 1. The monoisotopic (exact) mass is 196 g/mol. The number of benzene rings is 1. The first-order valence-electron chi connectivity index (χ1n) is 4.37. The molecular formula is C11H8N4. The summed E-state index contributed by atoms with van der Waals surface area (Å²) in [5, 5.41) is 8.83. The highest BCUT2D eigenvalue weighted by molar-refractivity contribution is 5.67. The summed E-state index contributed by atoms with van der Waals surface area (Å²) in [5.41, 5.74) is 8.21. The van der Waals surface area contributed by atoms with E-state index in [2.05, 4.69) is 9.97 Å². The van der Waals surface area contributed by atoms with Crippen LogP contribution in [0.3, 0.4) is 0 Å². The minimum absolute atomic E-state index is 0.464. The summed E-state index contributed by atoms with van der Waals surface area (Å²) in [6, 6.07) is 9.08. The number of hydrogen-bond acceptors (Lipinski definition) is 4. The Bertz CT molecular complexity index is 514. The first kappa shape index (κ1) is 9.16. The molecule has 0 radical (unpaired) electrons. The Labute approximate surface area is 87.0 Å². The fraction of sp³-hybridized carbons (Fsp3) is 0. The molecule has 0 saturated carbocycles. The molecular weight excluding hydrogens is 188 g/mol. The van der Waals surface area contributed by atoms with Crippen molar-refractivity contribution in [1.29, 1.82) is 5.26 Å². The summed E-state index contributed by atoms with van der Waals surface area (Å²) >= 11 is 0. The van der Waals surface area contributed by atoms with Gasteiger partial charge in [-0.15, -0.1) is 0 Å². The molecule has 1 aromatic heterocycles. The van der Waals surface area contributed by atoms with Crippen LogP contribution in [-0.4, -0.2) is 9.97 Å². The average molecular weight is 196 g/mol. The van der Waals surface area contributed by atoms with Gasteiger partial charge >= 0.3 is 0 Å². The third kappa shape index (κ3) is 1.76. The number of anilines is 1. The van der Waals surface area contributed by atoms with Gasteiger partial charge in [0.1, 0.15) is 12.4 Å². The van der Waals surface area contributed by atoms with Gasteiger partial charge in [0, 0.05) is 17.4 Å². The van der Waals surface area contributed by atoms with Gasteiger partial charge in [0.25, 0.3) is 0 Å². The first-order chi connectivity index (χ1) is 7.31. The van der Waals surface area contributed by atoms with Crippen LogP contribution in [0.1, 0.15) is 5.56 Å². The largest absolute Gasteiger partial charge is 0.398 e. The smallest absolute Gasteiger partial charge is 0.116 e. The zero-order valence-electron chi connectivity index (χ0n) is 7.88. The van der Waals surface area contributed by atoms with Crippen molar-refractivity contribution in [3.05, 3.63) is 42.4 Å². The van der Waals surface area contributed by atoms with E-state index in [0.29, 0.717) is 11.3 Å². The zero-order chi connectivity index (χ0) is 10.7. The molecule has 15 heavy (non-hydrogen) atoms. The van der Waals surface area contributed by atoms with Crippen molar-refractivity contribution in [1.82, 2.24) is 9.97 Å². The van der Waals surface area contributed by atoms with E-state index >= 15 is 0 Å². The van der Waals surface area contributed by atoms with Crippen molar-refractivity contribution in [2.24, 2.45) is 0 Å². The fourth-order valence-electron chi connectivity index (χ4n) is 1.27. The molecule has 0 saturated heterocycles. The van der Waals surface area contributed by atoms with E-state index in [0.717, 1.165) is 11.3 Å². The predicted octanol–water partition coefficient (Wildman–Crippen LogP) is 1.60. The van der Waals surface area contributed by atoms with Crippen molar-refractivity contribution < 1.29 is 0 Å². The second-order valence-electron chi connectivity index (χ2n) is 3.01. The number of nitrogen functional groups attached to an aromatic ring is 1. The van der Waals surface area contributed by atoms with Gasteiger partial charge in [-0.1, -0.05) is 6.07 Å². The Kier molecular flexibility index (Phi) is 2.30. The second-order valence-corrected chi connectivity index (χ2v) is 3.01. The molecule has 0 fully saturated rings. The number of nitrogens with two attached hydrogens (primary N) is 1. The highest BCUT2D eigenvalue weighted by Crippen LogP contribution is 2.20. The summed E-state index contributed by atoms with van der Waals surface area (Å²) in [5.74, 6) is 0. The maximum Gasteiger partial charge on any atom is 0.116 e. The van der Waals surface area contributed by atoms with E-state index in [1.165, 1.54) is 6.33 Å². The number of nitrogens with zero attached hydrogens (tertiary/aromatic N) is 3. The van der Waals surface area contributed by atoms with Crippen LogP contribution in [0.2, 0.25) is 0 Å². The van der Waals surface area contributed by atoms with Gasteiger partial charge in [-0.3, -0.25) is 0 Å². The average Bonchev–Trinajstić information content (AvgIpc) is 2.31. The van der Waals surface area contributed by atoms with E-state index in [9.17, 15) is 0 Å². The molecule has 1 aromatic carbocycles. The topological polar surface area (TPSA) is 75.6 Å². The van der Waals surface area contributed by atoms with Crippen molar-refractivity contribution in [3.63, 3.8) is 0 Å². The third-order valence-electron chi connectivity index (χ3n) is 2.05. The van der Waals surface area contributed by atoms with E-state index in [-0.39, 0.29) is 0 Å². The van der Waals surface area contributed by atoms with Crippen LogP contribution in [0.25, 0.3) is 11.3 Å². The van der Waals surface area contributed by atoms with Gasteiger partial charge in [-0.2, -0.15) is 5.26 Å². The van der Waals surface area contributed by atoms with Crippen molar-refractivity contribution in [3.8, 4) is 17.3 Å². The molecule has 0 unspecified atom stereocenters. The molecule has 0 spiro atoms. The minimum Gasteiger partial charge on any atom is -0.398 e. The zero-order valence-corrected chi connectivity index (χ0v) is 7.88. The quantitative estimate of drug-likeness (QED) is 0.703. The van der Waals surface area contributed by atoms with Crippen LogP contribution in [0, 0.1) is 11.3 Å². The maximum absolute atomic E-state index is 8.83. The van der Waals surface area contributed by atoms with E-state index in [4.69, 9.17) is 11.0 Å². The van der Waals surface area contributed by atoms with Crippen LogP contribution in [0.5, 0.6) is 0 Å². The molecule has 72 valence electrons. The number of aromatic nitrogens is 2. The molecule has 2 N–H and O–H groups in total. The Morgan fingerprint density at radius 3 is 2.80 bits per heavy atom. The third-order valence-corrected chi connectivity index (χ3v) is 2.05. The van der Waals surface area contributed by atoms with Crippen LogP contribution in [0.4, 0.5) is 5.69 Å². The van der Waals surface area contributed by atoms with Crippen LogP contribution < -0.4 is 5.73 Å². The summed E-state index contributed by atoms with van der Waals surface area (Å²) in [7, 11) is 0. The molecule has 0 bridgehead atoms. The molecule has 1 heterocycles. The Morgan fingerprint density at radius 1 is 1.27 bits per heavy atom. The van der Waals surface area contributed by atoms with Gasteiger partial charge in [0.15, 0.2) is 0 Å². The number of hydrogen-bond donors (Lipinski definition) is 1. The molecule has 4 nitrogen and oxygen atoms in total. The lowest BCUT2D eigenvalue weighted by atomic mass is 10.1. The highest BCUT2D eigenvalue weighted by atomic mass is 14.8. The SMILES string of the molecule is N#Cc1cc(-c2ccncn2)ccc1N. The van der Waals surface area contributed by atoms with E-state index in [1.54, 1.807) is 24.4 Å². The van der Waals surface area contributed by atoms with Gasteiger partial charge in [0.2, 0.25) is 0 Å². The van der Waals surface area contributed by atoms with Crippen LogP contribution >= 0.6 is 0 Å². The Morgan fingerprint density at radius 2 is 2.13 bits per heavy atom. The van der Waals surface area contributed by atoms with Crippen LogP contribution in [0.15, 0.2) is 36.8 Å². The molecule has 0 aliphatic heterocycles. The molecule has 4 heteroatoms. The Hall–Kier alpha value is -2.41. The van der Waals surface area contributed by atoms with Crippen molar-refractivity contribution in [2.75, 3.05) is 5.73 Å². The van der Waals surface area contributed by atoms with Crippen LogP contribution in [-0.2, 0) is 0 Å². The van der Waals surface area contributed by atoms with E-state index in [1.807, 2.05) is 12.1 Å². The summed E-state index contributed by atoms with van der Waals surface area (Å²) < 4.78 is 0. The normalized spacial score (nSPS) is 9.53.